The van der Waals surface area contributed by atoms with Crippen molar-refractivity contribution in [2.75, 3.05) is 5.43 Å². The number of aliphatic hydroxyl groups excluding tert-OH is 1. The second kappa shape index (κ2) is 6.85. The number of hydrazine groups is 1. The van der Waals surface area contributed by atoms with Gasteiger partial charge < -0.3 is 9.63 Å². The van der Waals surface area contributed by atoms with Crippen molar-refractivity contribution < 1.29 is 14.4 Å². The molecule has 112 valence electrons. The van der Waals surface area contributed by atoms with E-state index in [0.717, 1.165) is 5.56 Å². The molecular weight excluding hydrogens is 272 g/mol. The van der Waals surface area contributed by atoms with Crippen molar-refractivity contribution in [3.8, 4) is 11.4 Å². The van der Waals surface area contributed by atoms with E-state index in [1.54, 1.807) is 0 Å². The Bertz CT molecular complexity index is 583. The lowest BCUT2D eigenvalue weighted by Crippen LogP contribution is -2.33. The molecule has 0 saturated heterocycles. The van der Waals surface area contributed by atoms with Gasteiger partial charge in [-0.3, -0.25) is 10.2 Å². The molecule has 0 radical (unpaired) electrons. The molecule has 2 rings (SSSR count). The van der Waals surface area contributed by atoms with Crippen molar-refractivity contribution in [1.29, 1.82) is 0 Å². The Morgan fingerprint density at radius 1 is 1.33 bits per heavy atom. The number of carbonyl (C=O) groups is 1. The summed E-state index contributed by atoms with van der Waals surface area (Å²) >= 11 is 0. The Labute approximate surface area is 122 Å². The van der Waals surface area contributed by atoms with E-state index in [0.29, 0.717) is 5.82 Å². The van der Waals surface area contributed by atoms with Crippen LogP contribution in [0.3, 0.4) is 0 Å². The monoisotopic (exact) mass is 290 g/mol. The smallest absolute Gasteiger partial charge is 0.340 e. The van der Waals surface area contributed by atoms with Crippen LogP contribution in [0.4, 0.5) is 6.01 Å². The maximum atomic E-state index is 11.6. The molecule has 1 atom stereocenters. The van der Waals surface area contributed by atoms with Crippen LogP contribution in [0.15, 0.2) is 34.9 Å². The molecule has 0 aliphatic carbocycles. The van der Waals surface area contributed by atoms with Gasteiger partial charge in [-0.15, -0.1) is 0 Å². The molecule has 0 fully saturated rings. The molecule has 0 aliphatic heterocycles. The van der Waals surface area contributed by atoms with Gasteiger partial charge in [-0.1, -0.05) is 49.3 Å². The summed E-state index contributed by atoms with van der Waals surface area (Å²) in [6.07, 6.45) is -0.681. The molecule has 0 spiro atoms. The predicted octanol–water partition coefficient (Wildman–Crippen LogP) is 1.59. The molecule has 7 heteroatoms. The Hall–Kier alpha value is -2.41. The minimum atomic E-state index is -0.686. The lowest BCUT2D eigenvalue weighted by Gasteiger charge is -2.13. The number of aliphatic hydroxyl groups is 1. The summed E-state index contributed by atoms with van der Waals surface area (Å²) in [6, 6.07) is 9.42. The zero-order chi connectivity index (χ0) is 15.2. The van der Waals surface area contributed by atoms with E-state index in [1.807, 2.05) is 44.2 Å². The fourth-order valence-electron chi connectivity index (χ4n) is 1.58. The number of carbonyl (C=O) groups excluding carboxylic acids is 1. The number of amides is 1. The van der Waals surface area contributed by atoms with E-state index in [9.17, 15) is 9.90 Å². The van der Waals surface area contributed by atoms with Gasteiger partial charge in [-0.25, -0.2) is 5.43 Å². The number of nitrogens with zero attached hydrogens (tertiary/aromatic N) is 2. The maximum Gasteiger partial charge on any atom is 0.340 e. The molecule has 0 bridgehead atoms. The summed E-state index contributed by atoms with van der Waals surface area (Å²) in [7, 11) is 0. The second-order valence-electron chi connectivity index (χ2n) is 4.98. The number of nitrogens with one attached hydrogen (secondary N) is 2. The van der Waals surface area contributed by atoms with Crippen LogP contribution in [0.2, 0.25) is 0 Å². The van der Waals surface area contributed by atoms with Gasteiger partial charge in [0.15, 0.2) is 0 Å². The van der Waals surface area contributed by atoms with E-state index in [2.05, 4.69) is 21.0 Å². The van der Waals surface area contributed by atoms with E-state index < -0.39 is 6.10 Å². The number of benzene rings is 1. The van der Waals surface area contributed by atoms with Gasteiger partial charge in [0.05, 0.1) is 12.5 Å². The Morgan fingerprint density at radius 3 is 2.71 bits per heavy atom. The molecule has 21 heavy (non-hydrogen) atoms. The van der Waals surface area contributed by atoms with E-state index in [4.69, 9.17) is 4.52 Å². The number of hydrogen-bond acceptors (Lipinski definition) is 6. The van der Waals surface area contributed by atoms with Crippen LogP contribution in [-0.2, 0) is 4.79 Å². The predicted molar refractivity (Wildman–Crippen MR) is 77.0 cm³/mol. The topological polar surface area (TPSA) is 100 Å². The minimum Gasteiger partial charge on any atom is -0.392 e. The van der Waals surface area contributed by atoms with Crippen LogP contribution in [-0.4, -0.2) is 27.3 Å². The summed E-state index contributed by atoms with van der Waals surface area (Å²) in [5.41, 5.74) is 5.75. The Morgan fingerprint density at radius 2 is 2.05 bits per heavy atom. The molecular formula is C14H18N4O3. The Kier molecular flexibility index (Phi) is 4.89. The van der Waals surface area contributed by atoms with Gasteiger partial charge in [0.1, 0.15) is 0 Å². The summed E-state index contributed by atoms with van der Waals surface area (Å²) < 4.78 is 4.97. The number of hydrogen-bond donors (Lipinski definition) is 3. The first-order valence-corrected chi connectivity index (χ1v) is 6.68. The third-order valence-electron chi connectivity index (χ3n) is 2.93. The number of rotatable bonds is 6. The van der Waals surface area contributed by atoms with Crippen molar-refractivity contribution in [3.63, 3.8) is 0 Å². The molecule has 1 aromatic heterocycles. The van der Waals surface area contributed by atoms with Gasteiger partial charge in [-0.05, 0) is 5.92 Å². The molecule has 1 amide bonds. The summed E-state index contributed by atoms with van der Waals surface area (Å²) in [4.78, 5) is 15.7. The lowest BCUT2D eigenvalue weighted by atomic mass is 10.0. The van der Waals surface area contributed by atoms with Crippen molar-refractivity contribution >= 4 is 11.9 Å². The van der Waals surface area contributed by atoms with E-state index in [-0.39, 0.29) is 24.3 Å². The quantitative estimate of drug-likeness (QED) is 0.698. The fraction of sp³-hybridized carbons (Fsp3) is 0.357. The number of aromatic nitrogens is 2. The van der Waals surface area contributed by atoms with E-state index in [1.165, 1.54) is 0 Å². The fourth-order valence-corrected chi connectivity index (χ4v) is 1.58. The minimum absolute atomic E-state index is 0.00431. The highest BCUT2D eigenvalue weighted by atomic mass is 16.5. The first-order chi connectivity index (χ1) is 10.1. The summed E-state index contributed by atoms with van der Waals surface area (Å²) in [5.74, 6) is 0.0917. The first-order valence-electron chi connectivity index (χ1n) is 6.68. The molecule has 1 heterocycles. The first kappa shape index (κ1) is 15.0. The van der Waals surface area contributed by atoms with Gasteiger partial charge in [0.2, 0.25) is 11.7 Å². The molecule has 1 unspecified atom stereocenters. The third kappa shape index (κ3) is 4.28. The molecule has 0 saturated carbocycles. The zero-order valence-electron chi connectivity index (χ0n) is 11.9. The highest BCUT2D eigenvalue weighted by Crippen LogP contribution is 2.16. The Balaban J connectivity index is 1.87. The van der Waals surface area contributed by atoms with Crippen LogP contribution in [0.5, 0.6) is 0 Å². The summed E-state index contributed by atoms with van der Waals surface area (Å²) in [6.45, 7) is 3.69. The largest absolute Gasteiger partial charge is 0.392 e. The second-order valence-corrected chi connectivity index (χ2v) is 4.98. The summed E-state index contributed by atoms with van der Waals surface area (Å²) in [5, 5.41) is 13.4. The molecule has 7 nitrogen and oxygen atoms in total. The van der Waals surface area contributed by atoms with Crippen molar-refractivity contribution in [1.82, 2.24) is 15.6 Å². The van der Waals surface area contributed by atoms with Crippen LogP contribution in [0, 0.1) is 5.92 Å². The molecule has 0 aliphatic rings. The van der Waals surface area contributed by atoms with Gasteiger partial charge in [0, 0.05) is 5.56 Å². The normalized spacial score (nSPS) is 12.2. The third-order valence-corrected chi connectivity index (χ3v) is 2.93. The zero-order valence-corrected chi connectivity index (χ0v) is 11.9. The lowest BCUT2D eigenvalue weighted by molar-refractivity contribution is -0.123. The van der Waals surface area contributed by atoms with Gasteiger partial charge in [0.25, 0.3) is 0 Å². The van der Waals surface area contributed by atoms with Crippen LogP contribution in [0.25, 0.3) is 11.4 Å². The average Bonchev–Trinajstić information content (AvgIpc) is 2.95. The van der Waals surface area contributed by atoms with Crippen LogP contribution >= 0.6 is 0 Å². The highest BCUT2D eigenvalue weighted by molar-refractivity contribution is 5.77. The molecule has 2 aromatic rings. The van der Waals surface area contributed by atoms with Crippen LogP contribution < -0.4 is 10.9 Å². The molecule has 1 aromatic carbocycles. The maximum absolute atomic E-state index is 11.6. The van der Waals surface area contributed by atoms with Gasteiger partial charge in [-0.2, -0.15) is 4.98 Å². The van der Waals surface area contributed by atoms with Crippen molar-refractivity contribution in [2.45, 2.75) is 26.4 Å². The standard InChI is InChI=1S/C14H18N4O3/c1-9(2)11(19)8-12(20)16-17-14-15-13(18-21-14)10-6-4-3-5-7-10/h3-7,9,11,19H,8H2,1-2H3,(H,16,20)(H,15,17,18). The molecule has 3 N–H and O–H groups in total. The van der Waals surface area contributed by atoms with E-state index >= 15 is 0 Å². The highest BCUT2D eigenvalue weighted by Gasteiger charge is 2.15. The van der Waals surface area contributed by atoms with Crippen molar-refractivity contribution in [3.05, 3.63) is 30.3 Å². The number of anilines is 1. The average molecular weight is 290 g/mol. The SMILES string of the molecule is CC(C)C(O)CC(=O)NNc1nc(-c2ccccc2)no1. The van der Waals surface area contributed by atoms with Crippen molar-refractivity contribution in [2.24, 2.45) is 5.92 Å². The van der Waals surface area contributed by atoms with Crippen LogP contribution in [0.1, 0.15) is 20.3 Å². The van der Waals surface area contributed by atoms with Gasteiger partial charge >= 0.3 is 6.01 Å².